The summed E-state index contributed by atoms with van der Waals surface area (Å²) in [5, 5.41) is 0.198. The quantitative estimate of drug-likeness (QED) is 0.597. The fourth-order valence-electron chi connectivity index (χ4n) is 5.25. The topological polar surface area (TPSA) is 0 Å². The Morgan fingerprint density at radius 2 is 1.61 bits per heavy atom. The van der Waals surface area contributed by atoms with Gasteiger partial charge in [-0.05, 0) is 73.8 Å². The van der Waals surface area contributed by atoms with E-state index in [-0.39, 0.29) is 5.38 Å². The maximum Gasteiger partial charge on any atom is 0.0931 e. The minimum Gasteiger partial charge on any atom is -0.127 e. The van der Waals surface area contributed by atoms with E-state index < -0.39 is 0 Å². The number of alkyl halides is 1. The van der Waals surface area contributed by atoms with Gasteiger partial charge in [-0.2, -0.15) is 0 Å². The predicted molar refractivity (Wildman–Crippen MR) is 78.5 cm³/mol. The van der Waals surface area contributed by atoms with E-state index in [1.165, 1.54) is 43.4 Å². The molecule has 0 spiro atoms. The molecule has 1 heterocycles. The largest absolute Gasteiger partial charge is 0.127 e. The van der Waals surface area contributed by atoms with Crippen molar-refractivity contribution >= 4 is 34.5 Å². The molecule has 0 aliphatic heterocycles. The molecule has 3 heteroatoms. The van der Waals surface area contributed by atoms with Crippen LogP contribution in [0.5, 0.6) is 0 Å². The highest BCUT2D eigenvalue weighted by Crippen LogP contribution is 2.65. The van der Waals surface area contributed by atoms with Crippen LogP contribution in [-0.2, 0) is 0 Å². The molecule has 0 amide bonds. The third-order valence-corrected chi connectivity index (χ3v) is 7.59. The van der Waals surface area contributed by atoms with Crippen LogP contribution in [0.2, 0.25) is 4.34 Å². The fraction of sp³-hybridized carbons (Fsp3) is 0.733. The van der Waals surface area contributed by atoms with Gasteiger partial charge in [0.15, 0.2) is 0 Å². The molecule has 4 saturated carbocycles. The third-order valence-electron chi connectivity index (χ3n) is 5.47. The molecule has 0 radical (unpaired) electrons. The van der Waals surface area contributed by atoms with E-state index in [0.717, 1.165) is 22.1 Å². The van der Waals surface area contributed by atoms with Gasteiger partial charge in [0, 0.05) is 4.88 Å². The zero-order valence-electron chi connectivity index (χ0n) is 10.4. The Morgan fingerprint density at radius 3 is 2.06 bits per heavy atom. The van der Waals surface area contributed by atoms with Crippen molar-refractivity contribution in [3.63, 3.8) is 0 Å². The molecule has 1 atom stereocenters. The first-order valence-corrected chi connectivity index (χ1v) is 8.67. The summed E-state index contributed by atoms with van der Waals surface area (Å²) >= 11 is 14.6. The zero-order chi connectivity index (χ0) is 12.3. The van der Waals surface area contributed by atoms with Crippen LogP contribution < -0.4 is 0 Å². The van der Waals surface area contributed by atoms with Crippen LogP contribution >= 0.6 is 34.5 Å². The number of halogens is 2. The molecular weight excluding hydrogens is 283 g/mol. The lowest BCUT2D eigenvalue weighted by Gasteiger charge is -2.58. The van der Waals surface area contributed by atoms with E-state index in [9.17, 15) is 0 Å². The Balaban J connectivity index is 1.67. The molecule has 4 aliphatic rings. The number of hydrogen-bond acceptors (Lipinski definition) is 1. The second-order valence-corrected chi connectivity index (χ2v) is 8.97. The summed E-state index contributed by atoms with van der Waals surface area (Å²) < 4.78 is 0.875. The second-order valence-electron chi connectivity index (χ2n) is 6.78. The summed E-state index contributed by atoms with van der Waals surface area (Å²) in [6.45, 7) is 0. The second kappa shape index (κ2) is 4.14. The van der Waals surface area contributed by atoms with Gasteiger partial charge in [0.2, 0.25) is 0 Å². The Labute approximate surface area is 123 Å². The van der Waals surface area contributed by atoms with Crippen molar-refractivity contribution in [1.82, 2.24) is 0 Å². The number of thiophene rings is 1. The molecule has 0 aromatic carbocycles. The molecule has 1 aromatic rings. The summed E-state index contributed by atoms with van der Waals surface area (Å²) in [5.74, 6) is 2.90. The third kappa shape index (κ3) is 1.77. The summed E-state index contributed by atoms with van der Waals surface area (Å²) in [7, 11) is 0. The Morgan fingerprint density at radius 1 is 1.06 bits per heavy atom. The lowest BCUT2D eigenvalue weighted by Crippen LogP contribution is -2.47. The lowest BCUT2D eigenvalue weighted by atomic mass is 9.48. The van der Waals surface area contributed by atoms with Gasteiger partial charge in [-0.3, -0.25) is 0 Å². The molecule has 5 rings (SSSR count). The Hall–Kier alpha value is 0.280. The van der Waals surface area contributed by atoms with Crippen molar-refractivity contribution in [3.8, 4) is 0 Å². The molecule has 4 aliphatic carbocycles. The Bertz CT molecular complexity index is 430. The number of rotatable bonds is 2. The first-order chi connectivity index (χ1) is 8.64. The summed E-state index contributed by atoms with van der Waals surface area (Å²) in [6, 6.07) is 4.14. The monoisotopic (exact) mass is 300 g/mol. The molecule has 4 fully saturated rings. The van der Waals surface area contributed by atoms with E-state index in [2.05, 4.69) is 6.07 Å². The van der Waals surface area contributed by atoms with Crippen LogP contribution in [0.4, 0.5) is 0 Å². The van der Waals surface area contributed by atoms with Gasteiger partial charge >= 0.3 is 0 Å². The minimum absolute atomic E-state index is 0.198. The van der Waals surface area contributed by atoms with Crippen LogP contribution in [0.3, 0.4) is 0 Å². The first kappa shape index (κ1) is 12.1. The van der Waals surface area contributed by atoms with Crippen molar-refractivity contribution in [2.45, 2.75) is 43.9 Å². The molecule has 1 aromatic heterocycles. The maximum atomic E-state index is 6.89. The standard InChI is InChI=1S/C15H18Cl2S/c16-13-2-1-12(18-13)14(17)15-6-9-3-10(7-15)5-11(4-9)8-15/h1-2,9-11,14H,3-8H2. The molecule has 0 nitrogen and oxygen atoms in total. The van der Waals surface area contributed by atoms with E-state index in [1.54, 1.807) is 11.3 Å². The van der Waals surface area contributed by atoms with Gasteiger partial charge in [-0.1, -0.05) is 11.6 Å². The van der Waals surface area contributed by atoms with Crippen LogP contribution in [0.15, 0.2) is 12.1 Å². The molecule has 18 heavy (non-hydrogen) atoms. The molecule has 1 unspecified atom stereocenters. The van der Waals surface area contributed by atoms with E-state index in [4.69, 9.17) is 23.2 Å². The van der Waals surface area contributed by atoms with Crippen molar-refractivity contribution in [1.29, 1.82) is 0 Å². The van der Waals surface area contributed by atoms with Gasteiger partial charge in [0.05, 0.1) is 9.71 Å². The van der Waals surface area contributed by atoms with Crippen molar-refractivity contribution in [2.75, 3.05) is 0 Å². The first-order valence-electron chi connectivity index (χ1n) is 7.04. The van der Waals surface area contributed by atoms with Crippen LogP contribution in [0.25, 0.3) is 0 Å². The highest BCUT2D eigenvalue weighted by atomic mass is 35.5. The van der Waals surface area contributed by atoms with Crippen LogP contribution in [-0.4, -0.2) is 0 Å². The molecule has 0 saturated heterocycles. The van der Waals surface area contributed by atoms with Crippen molar-refractivity contribution in [2.24, 2.45) is 23.2 Å². The molecular formula is C15H18Cl2S. The summed E-state index contributed by atoms with van der Waals surface area (Å²) in [6.07, 6.45) is 8.53. The molecule has 98 valence electrons. The SMILES string of the molecule is Clc1ccc(C(Cl)C23CC4CC(CC(C4)C2)C3)s1. The van der Waals surface area contributed by atoms with Crippen LogP contribution in [0.1, 0.15) is 48.8 Å². The highest BCUT2D eigenvalue weighted by molar-refractivity contribution is 7.16. The number of hydrogen-bond donors (Lipinski definition) is 0. The predicted octanol–water partition coefficient (Wildman–Crippen LogP) is 5.90. The smallest absolute Gasteiger partial charge is 0.0931 e. The van der Waals surface area contributed by atoms with Crippen molar-refractivity contribution in [3.05, 3.63) is 21.3 Å². The normalized spacial score (nSPS) is 43.3. The Kier molecular flexibility index (Phi) is 2.77. The average molecular weight is 301 g/mol. The van der Waals surface area contributed by atoms with E-state index in [1.807, 2.05) is 6.07 Å². The van der Waals surface area contributed by atoms with Gasteiger partial charge in [0.1, 0.15) is 0 Å². The molecule has 4 bridgehead atoms. The fourth-order valence-corrected chi connectivity index (χ4v) is 6.91. The zero-order valence-corrected chi connectivity index (χ0v) is 12.7. The summed E-state index contributed by atoms with van der Waals surface area (Å²) in [5.41, 5.74) is 0.393. The highest BCUT2D eigenvalue weighted by Gasteiger charge is 2.54. The van der Waals surface area contributed by atoms with Crippen LogP contribution in [0, 0.1) is 23.2 Å². The van der Waals surface area contributed by atoms with Crippen molar-refractivity contribution < 1.29 is 0 Å². The van der Waals surface area contributed by atoms with Gasteiger partial charge in [0.25, 0.3) is 0 Å². The molecule has 0 N–H and O–H groups in total. The van der Waals surface area contributed by atoms with Gasteiger partial charge < -0.3 is 0 Å². The van der Waals surface area contributed by atoms with E-state index in [0.29, 0.717) is 5.41 Å². The van der Waals surface area contributed by atoms with E-state index >= 15 is 0 Å². The minimum atomic E-state index is 0.198. The van der Waals surface area contributed by atoms with Gasteiger partial charge in [-0.15, -0.1) is 22.9 Å². The van der Waals surface area contributed by atoms with Gasteiger partial charge in [-0.25, -0.2) is 0 Å². The lowest BCUT2D eigenvalue weighted by molar-refractivity contribution is -0.0547. The summed E-state index contributed by atoms with van der Waals surface area (Å²) in [4.78, 5) is 1.30. The average Bonchev–Trinajstić information content (AvgIpc) is 2.73. The maximum absolute atomic E-state index is 6.89.